The third-order valence-corrected chi connectivity index (χ3v) is 4.68. The van der Waals surface area contributed by atoms with Gasteiger partial charge in [0, 0.05) is 11.7 Å². The van der Waals surface area contributed by atoms with E-state index in [0.717, 1.165) is 22.5 Å². The SMILES string of the molecule is CC1Cc2ccccc2N1c1nc(NN)nc2sccc12. The summed E-state index contributed by atoms with van der Waals surface area (Å²) in [7, 11) is 0. The van der Waals surface area contributed by atoms with Crippen LogP contribution >= 0.6 is 11.3 Å². The smallest absolute Gasteiger partial charge is 0.240 e. The van der Waals surface area contributed by atoms with E-state index in [1.54, 1.807) is 11.3 Å². The van der Waals surface area contributed by atoms with Gasteiger partial charge in [-0.2, -0.15) is 4.98 Å². The molecule has 3 N–H and O–H groups in total. The molecule has 0 fully saturated rings. The van der Waals surface area contributed by atoms with Gasteiger partial charge in [0.15, 0.2) is 0 Å². The first-order valence-corrected chi connectivity index (χ1v) is 7.75. The van der Waals surface area contributed by atoms with E-state index in [2.05, 4.69) is 57.5 Å². The summed E-state index contributed by atoms with van der Waals surface area (Å²) >= 11 is 1.60. The monoisotopic (exact) mass is 297 g/mol. The lowest BCUT2D eigenvalue weighted by molar-refractivity contribution is 0.752. The molecule has 4 rings (SSSR count). The first-order chi connectivity index (χ1) is 10.3. The first-order valence-electron chi connectivity index (χ1n) is 6.87. The van der Waals surface area contributed by atoms with E-state index < -0.39 is 0 Å². The minimum Gasteiger partial charge on any atom is -0.322 e. The lowest BCUT2D eigenvalue weighted by Crippen LogP contribution is -2.25. The maximum atomic E-state index is 5.52. The number of hydrogen-bond acceptors (Lipinski definition) is 6. The minimum atomic E-state index is 0.367. The molecular weight excluding hydrogens is 282 g/mol. The van der Waals surface area contributed by atoms with Gasteiger partial charge in [-0.3, -0.25) is 5.43 Å². The molecule has 2 aromatic heterocycles. The van der Waals surface area contributed by atoms with Crippen LogP contribution in [-0.4, -0.2) is 16.0 Å². The third-order valence-electron chi connectivity index (χ3n) is 3.87. The second-order valence-corrected chi connectivity index (χ2v) is 6.10. The number of benzene rings is 1. The highest BCUT2D eigenvalue weighted by molar-refractivity contribution is 7.16. The fourth-order valence-corrected chi connectivity index (χ4v) is 3.73. The average molecular weight is 297 g/mol. The Labute approximate surface area is 126 Å². The maximum Gasteiger partial charge on any atom is 0.240 e. The van der Waals surface area contributed by atoms with Gasteiger partial charge >= 0.3 is 0 Å². The van der Waals surface area contributed by atoms with Crippen molar-refractivity contribution in [2.24, 2.45) is 5.84 Å². The van der Waals surface area contributed by atoms with Gasteiger partial charge in [-0.25, -0.2) is 10.8 Å². The van der Waals surface area contributed by atoms with Crippen molar-refractivity contribution < 1.29 is 0 Å². The highest BCUT2D eigenvalue weighted by atomic mass is 32.1. The van der Waals surface area contributed by atoms with Crippen molar-refractivity contribution in [3.05, 3.63) is 41.3 Å². The number of nitrogen functional groups attached to an aromatic ring is 1. The summed E-state index contributed by atoms with van der Waals surface area (Å²) in [6.45, 7) is 2.22. The van der Waals surface area contributed by atoms with Crippen molar-refractivity contribution in [3.8, 4) is 0 Å². The second-order valence-electron chi connectivity index (χ2n) is 5.21. The molecule has 3 heterocycles. The molecule has 0 amide bonds. The molecule has 6 heteroatoms. The van der Waals surface area contributed by atoms with Crippen molar-refractivity contribution in [2.45, 2.75) is 19.4 Å². The molecule has 0 bridgehead atoms. The fourth-order valence-electron chi connectivity index (χ4n) is 2.98. The topological polar surface area (TPSA) is 67.1 Å². The number of rotatable bonds is 2. The quantitative estimate of drug-likeness (QED) is 0.562. The maximum absolute atomic E-state index is 5.52. The summed E-state index contributed by atoms with van der Waals surface area (Å²) in [5.41, 5.74) is 5.15. The van der Waals surface area contributed by atoms with Gasteiger partial charge in [0.1, 0.15) is 10.6 Å². The van der Waals surface area contributed by atoms with Crippen LogP contribution in [0.25, 0.3) is 10.2 Å². The van der Waals surface area contributed by atoms with Crippen molar-refractivity contribution >= 4 is 39.0 Å². The van der Waals surface area contributed by atoms with Crippen molar-refractivity contribution in [2.75, 3.05) is 10.3 Å². The summed E-state index contributed by atoms with van der Waals surface area (Å²) in [4.78, 5) is 12.3. The molecule has 0 saturated heterocycles. The number of anilines is 3. The van der Waals surface area contributed by atoms with Gasteiger partial charge in [-0.05, 0) is 36.4 Å². The molecule has 1 aliphatic heterocycles. The van der Waals surface area contributed by atoms with Crippen LogP contribution in [0.5, 0.6) is 0 Å². The Hall–Kier alpha value is -2.18. The zero-order valence-electron chi connectivity index (χ0n) is 11.6. The third kappa shape index (κ3) is 1.87. The van der Waals surface area contributed by atoms with Gasteiger partial charge in [0.2, 0.25) is 5.95 Å². The van der Waals surface area contributed by atoms with Crippen LogP contribution in [0.4, 0.5) is 17.5 Å². The van der Waals surface area contributed by atoms with E-state index in [0.29, 0.717) is 12.0 Å². The van der Waals surface area contributed by atoms with Crippen molar-refractivity contribution in [3.63, 3.8) is 0 Å². The zero-order valence-corrected chi connectivity index (χ0v) is 12.4. The number of aromatic nitrogens is 2. The van der Waals surface area contributed by atoms with E-state index >= 15 is 0 Å². The predicted octanol–water partition coefficient (Wildman–Crippen LogP) is 3.06. The average Bonchev–Trinajstić information content (AvgIpc) is 3.09. The van der Waals surface area contributed by atoms with E-state index in [1.807, 2.05) is 5.38 Å². The van der Waals surface area contributed by atoms with E-state index in [4.69, 9.17) is 5.84 Å². The molecule has 1 atom stereocenters. The Kier molecular flexibility index (Phi) is 2.80. The number of nitrogens with two attached hydrogens (primary N) is 1. The van der Waals surface area contributed by atoms with Gasteiger partial charge in [-0.15, -0.1) is 11.3 Å². The standard InChI is InChI=1S/C15H15N5S/c1-9-8-10-4-2-3-5-12(10)20(9)13-11-6-7-21-14(11)18-15(17-13)19-16/h2-7,9H,8,16H2,1H3,(H,17,18,19). The van der Waals surface area contributed by atoms with Crippen LogP contribution in [0.3, 0.4) is 0 Å². The van der Waals surface area contributed by atoms with Crippen LogP contribution in [-0.2, 0) is 6.42 Å². The number of thiophene rings is 1. The van der Waals surface area contributed by atoms with Crippen LogP contribution in [0.15, 0.2) is 35.7 Å². The van der Waals surface area contributed by atoms with E-state index in [1.165, 1.54) is 11.3 Å². The molecule has 21 heavy (non-hydrogen) atoms. The first kappa shape index (κ1) is 12.6. The Morgan fingerprint density at radius 3 is 3.00 bits per heavy atom. The summed E-state index contributed by atoms with van der Waals surface area (Å²) in [5, 5.41) is 3.11. The van der Waals surface area contributed by atoms with Gasteiger partial charge in [0.05, 0.1) is 5.39 Å². The lowest BCUT2D eigenvalue weighted by Gasteiger charge is -2.24. The van der Waals surface area contributed by atoms with Crippen LogP contribution in [0.2, 0.25) is 0 Å². The number of hydrogen-bond donors (Lipinski definition) is 2. The number of fused-ring (bicyclic) bond motifs is 2. The summed E-state index contributed by atoms with van der Waals surface area (Å²) in [6.07, 6.45) is 1.02. The molecule has 0 radical (unpaired) electrons. The van der Waals surface area contributed by atoms with Gasteiger partial charge in [-0.1, -0.05) is 18.2 Å². The van der Waals surface area contributed by atoms with Crippen molar-refractivity contribution in [1.29, 1.82) is 0 Å². The molecule has 1 unspecified atom stereocenters. The lowest BCUT2D eigenvalue weighted by atomic mass is 10.1. The molecule has 0 aliphatic carbocycles. The number of para-hydroxylation sites is 1. The van der Waals surface area contributed by atoms with Crippen molar-refractivity contribution in [1.82, 2.24) is 9.97 Å². The predicted molar refractivity (Wildman–Crippen MR) is 87.0 cm³/mol. The Morgan fingerprint density at radius 2 is 2.14 bits per heavy atom. The highest BCUT2D eigenvalue weighted by Gasteiger charge is 2.29. The molecule has 0 spiro atoms. The Morgan fingerprint density at radius 1 is 1.29 bits per heavy atom. The summed E-state index contributed by atoms with van der Waals surface area (Å²) < 4.78 is 0. The van der Waals surface area contributed by atoms with Crippen LogP contribution in [0, 0.1) is 0 Å². The zero-order chi connectivity index (χ0) is 14.4. The molecule has 106 valence electrons. The fraction of sp³-hybridized carbons (Fsp3) is 0.200. The molecule has 1 aromatic carbocycles. The largest absolute Gasteiger partial charge is 0.322 e. The molecule has 1 aliphatic rings. The highest BCUT2D eigenvalue weighted by Crippen LogP contribution is 2.41. The number of nitrogens with zero attached hydrogens (tertiary/aromatic N) is 3. The summed E-state index contributed by atoms with van der Waals surface area (Å²) in [6, 6.07) is 10.9. The molecule has 0 saturated carbocycles. The van der Waals surface area contributed by atoms with E-state index in [-0.39, 0.29) is 0 Å². The van der Waals surface area contributed by atoms with Gasteiger partial charge in [0.25, 0.3) is 0 Å². The summed E-state index contributed by atoms with van der Waals surface area (Å²) in [5.74, 6) is 6.90. The normalized spacial score (nSPS) is 17.2. The Bertz CT molecular complexity index is 813. The minimum absolute atomic E-state index is 0.367. The van der Waals surface area contributed by atoms with Crippen LogP contribution in [0.1, 0.15) is 12.5 Å². The molecule has 5 nitrogen and oxygen atoms in total. The van der Waals surface area contributed by atoms with Crippen LogP contribution < -0.4 is 16.2 Å². The molecule has 3 aromatic rings. The van der Waals surface area contributed by atoms with E-state index in [9.17, 15) is 0 Å². The number of hydrazine groups is 1. The number of nitrogens with one attached hydrogen (secondary N) is 1. The van der Waals surface area contributed by atoms with Gasteiger partial charge < -0.3 is 4.90 Å². The second kappa shape index (κ2) is 4.68. The molecular formula is C15H15N5S. The Balaban J connectivity index is 1.96.